The largest absolute Gasteiger partial charge is 0.478 e. The van der Waals surface area contributed by atoms with E-state index < -0.39 is 5.97 Å². The predicted octanol–water partition coefficient (Wildman–Crippen LogP) is 8.50. The van der Waals surface area contributed by atoms with E-state index in [1.165, 1.54) is 48.2 Å². The van der Waals surface area contributed by atoms with Gasteiger partial charge in [-0.05, 0) is 65.4 Å². The summed E-state index contributed by atoms with van der Waals surface area (Å²) in [6.45, 7) is 4.57. The van der Waals surface area contributed by atoms with Crippen LogP contribution in [0.2, 0.25) is 0 Å². The zero-order valence-corrected chi connectivity index (χ0v) is 23.8. The number of hydrazone groups is 1. The van der Waals surface area contributed by atoms with Crippen molar-refractivity contribution in [3.63, 3.8) is 0 Å². The van der Waals surface area contributed by atoms with Gasteiger partial charge in [-0.25, -0.2) is 4.79 Å². The van der Waals surface area contributed by atoms with Crippen molar-refractivity contribution < 1.29 is 9.90 Å². The Morgan fingerprint density at radius 3 is 2.23 bits per heavy atom. The summed E-state index contributed by atoms with van der Waals surface area (Å²) in [6, 6.07) is 30.7. The molecule has 0 spiro atoms. The third kappa shape index (κ3) is 5.89. The van der Waals surface area contributed by atoms with E-state index in [-0.39, 0.29) is 11.6 Å². The van der Waals surface area contributed by atoms with E-state index in [4.69, 9.17) is 5.10 Å². The maximum atomic E-state index is 11.4. The fraction of sp³-hybridized carbons (Fsp3) is 0.314. The first-order chi connectivity index (χ1) is 19.5. The second kappa shape index (κ2) is 12.4. The van der Waals surface area contributed by atoms with Crippen LogP contribution in [0.5, 0.6) is 0 Å². The molecule has 3 aromatic carbocycles. The first-order valence-corrected chi connectivity index (χ1v) is 14.5. The molecule has 4 aromatic rings. The zero-order chi connectivity index (χ0) is 28.1. The van der Waals surface area contributed by atoms with E-state index in [1.54, 1.807) is 12.1 Å². The fourth-order valence-corrected chi connectivity index (χ4v) is 5.75. The molecule has 0 aliphatic carbocycles. The number of hydrogen-bond donors (Lipinski definition) is 1. The highest BCUT2D eigenvalue weighted by Gasteiger charge is 2.32. The van der Waals surface area contributed by atoms with Gasteiger partial charge in [0, 0.05) is 24.9 Å². The van der Waals surface area contributed by atoms with Crippen LogP contribution in [0.15, 0.2) is 96.1 Å². The summed E-state index contributed by atoms with van der Waals surface area (Å²) in [6.07, 6.45) is 6.83. The molecule has 2 unspecified atom stereocenters. The molecule has 5 rings (SSSR count). The van der Waals surface area contributed by atoms with Crippen LogP contribution in [-0.2, 0) is 13.5 Å². The lowest BCUT2D eigenvalue weighted by Crippen LogP contribution is -2.21. The Bertz CT molecular complexity index is 1450. The monoisotopic (exact) mass is 533 g/mol. The van der Waals surface area contributed by atoms with E-state index in [2.05, 4.69) is 91.1 Å². The molecule has 0 fully saturated rings. The maximum absolute atomic E-state index is 11.4. The molecule has 2 heterocycles. The minimum absolute atomic E-state index is 0.0474. The van der Waals surface area contributed by atoms with E-state index in [9.17, 15) is 9.90 Å². The molecule has 206 valence electrons. The lowest BCUT2D eigenvalue weighted by Gasteiger charge is -2.25. The molecule has 0 saturated heterocycles. The van der Waals surface area contributed by atoms with Crippen LogP contribution in [0, 0.1) is 5.92 Å². The Balaban J connectivity index is 1.47. The molecule has 1 aliphatic heterocycles. The molecule has 1 N–H and O–H groups in total. The summed E-state index contributed by atoms with van der Waals surface area (Å²) in [5.41, 5.74) is 8.23. The summed E-state index contributed by atoms with van der Waals surface area (Å²) in [5.74, 6) is -0.218. The zero-order valence-electron chi connectivity index (χ0n) is 23.8. The molecule has 40 heavy (non-hydrogen) atoms. The van der Waals surface area contributed by atoms with Crippen LogP contribution < -0.4 is 5.01 Å². The number of carboxylic acids is 1. The molecule has 5 nitrogen and oxygen atoms in total. The molecular formula is C35H39N3O2. The van der Waals surface area contributed by atoms with Crippen LogP contribution in [0.25, 0.3) is 11.1 Å². The minimum Gasteiger partial charge on any atom is -0.478 e. The second-order valence-electron chi connectivity index (χ2n) is 10.8. The molecule has 0 amide bonds. The van der Waals surface area contributed by atoms with Crippen LogP contribution in [-0.4, -0.2) is 21.4 Å². The highest BCUT2D eigenvalue weighted by molar-refractivity contribution is 6.04. The molecule has 1 aliphatic rings. The third-order valence-electron chi connectivity index (χ3n) is 8.26. The predicted molar refractivity (Wildman–Crippen MR) is 164 cm³/mol. The van der Waals surface area contributed by atoms with Crippen LogP contribution >= 0.6 is 0 Å². The van der Waals surface area contributed by atoms with Crippen molar-refractivity contribution in [1.82, 2.24) is 4.57 Å². The number of aromatic nitrogens is 1. The van der Waals surface area contributed by atoms with Gasteiger partial charge in [0.05, 0.1) is 23.0 Å². The first-order valence-electron chi connectivity index (χ1n) is 14.5. The minimum atomic E-state index is -0.918. The number of carboxylic acid groups (broad SMARTS) is 1. The number of benzene rings is 3. The number of hydrogen-bond acceptors (Lipinski definition) is 3. The van der Waals surface area contributed by atoms with Gasteiger partial charge in [-0.1, -0.05) is 94.1 Å². The Kier molecular flexibility index (Phi) is 8.49. The van der Waals surface area contributed by atoms with E-state index >= 15 is 0 Å². The Hall–Kier alpha value is -4.12. The molecule has 5 heteroatoms. The van der Waals surface area contributed by atoms with Gasteiger partial charge in [0.15, 0.2) is 0 Å². The summed E-state index contributed by atoms with van der Waals surface area (Å²) in [4.78, 5) is 11.4. The number of carbonyl (C=O) groups is 1. The van der Waals surface area contributed by atoms with Crippen molar-refractivity contribution in [3.8, 4) is 11.1 Å². The number of rotatable bonds is 11. The normalized spacial score (nSPS) is 15.7. The summed E-state index contributed by atoms with van der Waals surface area (Å²) in [5, 5.41) is 16.6. The number of nitrogens with zero attached hydrogens (tertiary/aromatic N) is 3. The molecule has 2 atom stereocenters. The lowest BCUT2D eigenvalue weighted by molar-refractivity contribution is 0.0697. The Morgan fingerprint density at radius 2 is 1.57 bits per heavy atom. The number of aromatic carboxylic acids is 1. The average molecular weight is 534 g/mol. The molecule has 0 bridgehead atoms. The van der Waals surface area contributed by atoms with E-state index in [0.29, 0.717) is 5.92 Å². The first kappa shape index (κ1) is 27.4. The van der Waals surface area contributed by atoms with Gasteiger partial charge >= 0.3 is 5.97 Å². The lowest BCUT2D eigenvalue weighted by atomic mass is 9.94. The molecule has 1 aromatic heterocycles. The van der Waals surface area contributed by atoms with Crippen LogP contribution in [0.3, 0.4) is 0 Å². The quantitative estimate of drug-likeness (QED) is 0.210. The Labute approximate surface area is 237 Å². The SMILES string of the molecule is CCCCC(CC)Cc1ccc(C2CC(c3ccc(C(=O)O)cc3)=NN2c2ccc(-c3ccccc3)cc2)n1C. The van der Waals surface area contributed by atoms with Crippen molar-refractivity contribution in [3.05, 3.63) is 114 Å². The van der Waals surface area contributed by atoms with Gasteiger partial charge in [0.1, 0.15) is 0 Å². The molecular weight excluding hydrogens is 494 g/mol. The second-order valence-corrected chi connectivity index (χ2v) is 10.8. The van der Waals surface area contributed by atoms with Crippen LogP contribution in [0.1, 0.15) is 79.3 Å². The van der Waals surface area contributed by atoms with Crippen molar-refractivity contribution in [1.29, 1.82) is 0 Å². The van der Waals surface area contributed by atoms with E-state index in [1.807, 2.05) is 18.2 Å². The van der Waals surface area contributed by atoms with Crippen molar-refractivity contribution in [2.75, 3.05) is 5.01 Å². The molecule has 0 radical (unpaired) electrons. The van der Waals surface area contributed by atoms with Gasteiger partial charge in [-0.2, -0.15) is 5.10 Å². The van der Waals surface area contributed by atoms with Gasteiger partial charge in [0.25, 0.3) is 0 Å². The van der Waals surface area contributed by atoms with Gasteiger partial charge in [-0.3, -0.25) is 5.01 Å². The van der Waals surface area contributed by atoms with Gasteiger partial charge in [-0.15, -0.1) is 0 Å². The number of anilines is 1. The van der Waals surface area contributed by atoms with Crippen molar-refractivity contribution in [2.45, 2.75) is 58.4 Å². The smallest absolute Gasteiger partial charge is 0.335 e. The summed E-state index contributed by atoms with van der Waals surface area (Å²) >= 11 is 0. The fourth-order valence-electron chi connectivity index (χ4n) is 5.75. The summed E-state index contributed by atoms with van der Waals surface area (Å²) in [7, 11) is 2.19. The highest BCUT2D eigenvalue weighted by atomic mass is 16.4. The highest BCUT2D eigenvalue weighted by Crippen LogP contribution is 2.38. The third-order valence-corrected chi connectivity index (χ3v) is 8.26. The van der Waals surface area contributed by atoms with Crippen LogP contribution in [0.4, 0.5) is 5.69 Å². The van der Waals surface area contributed by atoms with Crippen molar-refractivity contribution >= 4 is 17.4 Å². The topological polar surface area (TPSA) is 57.8 Å². The average Bonchev–Trinajstić information content (AvgIpc) is 3.59. The molecule has 0 saturated carbocycles. The summed E-state index contributed by atoms with van der Waals surface area (Å²) < 4.78 is 2.37. The standard InChI is InChI=1S/C35H39N3O2/c1-4-6-10-25(5-2)23-31-21-22-33(37(31)3)34-24-32(28-13-15-29(16-14-28)35(39)40)36-38(34)30-19-17-27(18-20-30)26-11-8-7-9-12-26/h7-9,11-22,25,34H,4-6,10,23-24H2,1-3H3,(H,39,40). The van der Waals surface area contributed by atoms with Crippen molar-refractivity contribution in [2.24, 2.45) is 18.1 Å². The van der Waals surface area contributed by atoms with Gasteiger partial charge in [0.2, 0.25) is 0 Å². The number of unbranched alkanes of at least 4 members (excludes halogenated alkanes) is 1. The maximum Gasteiger partial charge on any atom is 0.335 e. The van der Waals surface area contributed by atoms with Gasteiger partial charge < -0.3 is 9.67 Å². The van der Waals surface area contributed by atoms with E-state index in [0.717, 1.165) is 29.8 Å². The Morgan fingerprint density at radius 1 is 0.900 bits per heavy atom.